The van der Waals surface area contributed by atoms with Crippen LogP contribution >= 0.6 is 24.0 Å². The molecule has 0 unspecified atom stereocenters. The fourth-order valence-corrected chi connectivity index (χ4v) is 3.96. The number of guanidine groups is 1. The summed E-state index contributed by atoms with van der Waals surface area (Å²) in [7, 11) is 3.98. The lowest BCUT2D eigenvalue weighted by Crippen LogP contribution is -2.36. The molecular weight excluding hydrogens is 539 g/mol. The lowest BCUT2D eigenvalue weighted by Gasteiger charge is -2.20. The van der Waals surface area contributed by atoms with Crippen molar-refractivity contribution in [3.63, 3.8) is 0 Å². The van der Waals surface area contributed by atoms with Crippen molar-refractivity contribution in [2.24, 2.45) is 4.99 Å². The Morgan fingerprint density at radius 1 is 0.941 bits per heavy atom. The highest BCUT2D eigenvalue weighted by atomic mass is 127. The molecule has 0 aliphatic carbocycles. The van der Waals surface area contributed by atoms with E-state index >= 15 is 0 Å². The summed E-state index contributed by atoms with van der Waals surface area (Å²) in [6.07, 6.45) is 2.93. The van der Waals surface area contributed by atoms with Gasteiger partial charge in [-0.05, 0) is 49.8 Å². The second kappa shape index (κ2) is 13.5. The van der Waals surface area contributed by atoms with Gasteiger partial charge in [0, 0.05) is 38.8 Å². The third-order valence-corrected chi connectivity index (χ3v) is 5.93. The number of halogens is 1. The highest BCUT2D eigenvalue weighted by Gasteiger charge is 2.12. The number of aromatic nitrogens is 1. The normalized spacial score (nSPS) is 15.4. The van der Waals surface area contributed by atoms with Gasteiger partial charge in [0.05, 0.1) is 12.2 Å². The van der Waals surface area contributed by atoms with E-state index in [0.717, 1.165) is 36.9 Å². The number of benzene rings is 2. The molecular formula is C26H35IN6O. The smallest absolute Gasteiger partial charge is 0.226 e. The molecule has 0 radical (unpaired) electrons. The average Bonchev–Trinajstić information content (AvgIpc) is 3.24. The first-order valence-corrected chi connectivity index (χ1v) is 11.6. The minimum absolute atomic E-state index is 0. The number of nitrogens with zero attached hydrogens (tertiary/aromatic N) is 4. The molecule has 2 N–H and O–H groups in total. The van der Waals surface area contributed by atoms with Crippen molar-refractivity contribution in [3.8, 4) is 11.5 Å². The third-order valence-electron chi connectivity index (χ3n) is 5.93. The lowest BCUT2D eigenvalue weighted by atomic mass is 10.1. The van der Waals surface area contributed by atoms with E-state index in [4.69, 9.17) is 4.42 Å². The van der Waals surface area contributed by atoms with Crippen LogP contribution in [-0.2, 0) is 19.6 Å². The second-order valence-corrected chi connectivity index (χ2v) is 8.54. The minimum Gasteiger partial charge on any atom is -0.444 e. The standard InChI is InChI=1S/C26H34N6O.HI/c1-27-26(29-18-24-20-33-25(30-24)23-7-4-3-5-8-23)28-17-21-9-11-22(12-10-21)19-32-14-6-13-31(2)15-16-32;/h3-5,7-12,20H,6,13-19H2,1-2H3,(H2,27,28,29);1H. The van der Waals surface area contributed by atoms with Crippen LogP contribution in [-0.4, -0.2) is 61.0 Å². The van der Waals surface area contributed by atoms with Crippen LogP contribution in [0.15, 0.2) is 70.3 Å². The SMILES string of the molecule is CN=C(NCc1ccc(CN2CCCN(C)CC2)cc1)NCc1coc(-c2ccccc2)n1.I. The Morgan fingerprint density at radius 2 is 1.68 bits per heavy atom. The largest absolute Gasteiger partial charge is 0.444 e. The molecule has 4 rings (SSSR count). The number of hydrogen-bond donors (Lipinski definition) is 2. The topological polar surface area (TPSA) is 68.9 Å². The zero-order valence-electron chi connectivity index (χ0n) is 20.0. The second-order valence-electron chi connectivity index (χ2n) is 8.54. The van der Waals surface area contributed by atoms with E-state index < -0.39 is 0 Å². The van der Waals surface area contributed by atoms with E-state index in [1.165, 1.54) is 30.6 Å². The Hall–Kier alpha value is -2.43. The molecule has 1 aliphatic rings. The van der Waals surface area contributed by atoms with Crippen LogP contribution in [0.4, 0.5) is 0 Å². The van der Waals surface area contributed by atoms with Gasteiger partial charge in [0.15, 0.2) is 5.96 Å². The predicted molar refractivity (Wildman–Crippen MR) is 148 cm³/mol. The van der Waals surface area contributed by atoms with E-state index in [0.29, 0.717) is 19.0 Å². The molecule has 2 heterocycles. The van der Waals surface area contributed by atoms with Crippen molar-refractivity contribution >= 4 is 29.9 Å². The fraction of sp³-hybridized carbons (Fsp3) is 0.385. The summed E-state index contributed by atoms with van der Waals surface area (Å²) in [6, 6.07) is 18.8. The van der Waals surface area contributed by atoms with Crippen molar-refractivity contribution in [3.05, 3.63) is 77.7 Å². The fourth-order valence-electron chi connectivity index (χ4n) is 3.96. The number of nitrogens with one attached hydrogen (secondary N) is 2. The average molecular weight is 575 g/mol. The van der Waals surface area contributed by atoms with Crippen molar-refractivity contribution < 1.29 is 4.42 Å². The van der Waals surface area contributed by atoms with Gasteiger partial charge in [-0.3, -0.25) is 9.89 Å². The lowest BCUT2D eigenvalue weighted by molar-refractivity contribution is 0.269. The highest BCUT2D eigenvalue weighted by molar-refractivity contribution is 14.0. The summed E-state index contributed by atoms with van der Waals surface area (Å²) < 4.78 is 5.61. The van der Waals surface area contributed by atoms with Crippen LogP contribution in [0.5, 0.6) is 0 Å². The van der Waals surface area contributed by atoms with Gasteiger partial charge in [0.1, 0.15) is 6.26 Å². The van der Waals surface area contributed by atoms with Crippen LogP contribution in [0.1, 0.15) is 23.2 Å². The quantitative estimate of drug-likeness (QED) is 0.253. The maximum atomic E-state index is 5.61. The molecule has 1 aliphatic heterocycles. The van der Waals surface area contributed by atoms with Crippen LogP contribution in [0.3, 0.4) is 0 Å². The van der Waals surface area contributed by atoms with Gasteiger partial charge in [-0.15, -0.1) is 24.0 Å². The molecule has 1 saturated heterocycles. The molecule has 182 valence electrons. The monoisotopic (exact) mass is 574 g/mol. The summed E-state index contributed by atoms with van der Waals surface area (Å²) in [5, 5.41) is 6.67. The van der Waals surface area contributed by atoms with Gasteiger partial charge in [0.2, 0.25) is 5.89 Å². The van der Waals surface area contributed by atoms with E-state index in [2.05, 4.69) is 61.7 Å². The predicted octanol–water partition coefficient (Wildman–Crippen LogP) is 3.96. The van der Waals surface area contributed by atoms with Crippen molar-refractivity contribution in [2.75, 3.05) is 40.3 Å². The number of hydrogen-bond acceptors (Lipinski definition) is 5. The number of oxazole rings is 1. The molecule has 2 aromatic carbocycles. The Labute approximate surface area is 219 Å². The van der Waals surface area contributed by atoms with Gasteiger partial charge in [0.25, 0.3) is 0 Å². The zero-order valence-corrected chi connectivity index (χ0v) is 22.4. The first-order chi connectivity index (χ1) is 16.2. The summed E-state index contributed by atoms with van der Waals surface area (Å²) in [4.78, 5) is 13.8. The Kier molecular flexibility index (Phi) is 10.4. The number of likely N-dealkylation sites (N-methyl/N-ethyl adjacent to an activating group) is 1. The maximum Gasteiger partial charge on any atom is 0.226 e. The summed E-state index contributed by atoms with van der Waals surface area (Å²) in [6.45, 7) is 6.93. The first kappa shape index (κ1) is 26.2. The molecule has 0 atom stereocenters. The summed E-state index contributed by atoms with van der Waals surface area (Å²) in [5.41, 5.74) is 4.40. The van der Waals surface area contributed by atoms with E-state index in [-0.39, 0.29) is 24.0 Å². The van der Waals surface area contributed by atoms with E-state index in [9.17, 15) is 0 Å². The molecule has 3 aromatic rings. The summed E-state index contributed by atoms with van der Waals surface area (Å²) >= 11 is 0. The number of aliphatic imine (C=N–C) groups is 1. The molecule has 0 amide bonds. The Bertz CT molecular complexity index is 1020. The van der Waals surface area contributed by atoms with Gasteiger partial charge >= 0.3 is 0 Å². The van der Waals surface area contributed by atoms with Crippen LogP contribution < -0.4 is 10.6 Å². The Balaban J connectivity index is 0.00000324. The maximum absolute atomic E-state index is 5.61. The molecule has 0 saturated carbocycles. The minimum atomic E-state index is 0. The highest BCUT2D eigenvalue weighted by Crippen LogP contribution is 2.17. The third kappa shape index (κ3) is 7.82. The van der Waals surface area contributed by atoms with E-state index in [1.54, 1.807) is 13.3 Å². The summed E-state index contributed by atoms with van der Waals surface area (Å²) in [5.74, 6) is 1.36. The van der Waals surface area contributed by atoms with Crippen molar-refractivity contribution in [1.82, 2.24) is 25.4 Å². The first-order valence-electron chi connectivity index (χ1n) is 11.6. The van der Waals surface area contributed by atoms with Crippen LogP contribution in [0.2, 0.25) is 0 Å². The van der Waals surface area contributed by atoms with Crippen molar-refractivity contribution in [2.45, 2.75) is 26.1 Å². The van der Waals surface area contributed by atoms with Gasteiger partial charge in [-0.1, -0.05) is 42.5 Å². The molecule has 7 nitrogen and oxygen atoms in total. The molecule has 8 heteroatoms. The molecule has 0 bridgehead atoms. The Morgan fingerprint density at radius 3 is 2.44 bits per heavy atom. The van der Waals surface area contributed by atoms with Gasteiger partial charge < -0.3 is 20.0 Å². The zero-order chi connectivity index (χ0) is 22.9. The van der Waals surface area contributed by atoms with Gasteiger partial charge in [-0.25, -0.2) is 4.98 Å². The molecule has 0 spiro atoms. The van der Waals surface area contributed by atoms with Crippen LogP contribution in [0.25, 0.3) is 11.5 Å². The molecule has 34 heavy (non-hydrogen) atoms. The number of rotatable bonds is 7. The van der Waals surface area contributed by atoms with Crippen LogP contribution in [0, 0.1) is 0 Å². The molecule has 1 fully saturated rings. The van der Waals surface area contributed by atoms with Gasteiger partial charge in [-0.2, -0.15) is 0 Å². The van der Waals surface area contributed by atoms with E-state index in [1.807, 2.05) is 30.3 Å². The van der Waals surface area contributed by atoms with Crippen molar-refractivity contribution in [1.29, 1.82) is 0 Å². The molecule has 1 aromatic heterocycles.